The van der Waals surface area contributed by atoms with Crippen LogP contribution >= 0.6 is 50.7 Å². The lowest BCUT2D eigenvalue weighted by Gasteiger charge is -2.15. The summed E-state index contributed by atoms with van der Waals surface area (Å²) in [5, 5.41) is 27.8. The Bertz CT molecular complexity index is 954. The van der Waals surface area contributed by atoms with Crippen molar-refractivity contribution in [1.82, 2.24) is 0 Å². The van der Waals surface area contributed by atoms with Gasteiger partial charge in [-0.05, 0) is 34.1 Å². The number of hydrogen-bond donors (Lipinski definition) is 2. The molecule has 118 valence electrons. The number of benzene rings is 2. The van der Waals surface area contributed by atoms with Crippen LogP contribution in [0.2, 0.25) is 15.1 Å². The van der Waals surface area contributed by atoms with Crippen LogP contribution in [0, 0.1) is 34.0 Å². The van der Waals surface area contributed by atoms with Crippen molar-refractivity contribution in [3.63, 3.8) is 0 Å². The molecule has 24 heavy (non-hydrogen) atoms. The normalized spacial score (nSPS) is 9.54. The number of anilines is 2. The molecule has 2 aromatic rings. The zero-order valence-corrected chi connectivity index (χ0v) is 15.4. The molecule has 0 bridgehead atoms. The highest BCUT2D eigenvalue weighted by molar-refractivity contribution is 9.10. The molecule has 0 saturated carbocycles. The molecular weight excluding hydrogens is 436 g/mol. The predicted molar refractivity (Wildman–Crippen MR) is 97.0 cm³/mol. The minimum Gasteiger partial charge on any atom is -0.299 e. The summed E-state index contributed by atoms with van der Waals surface area (Å²) in [5.74, 6) is 0. The highest BCUT2D eigenvalue weighted by atomic mass is 79.9. The minimum atomic E-state index is 0.0596. The first kappa shape index (κ1) is 18.2. The Morgan fingerprint density at radius 1 is 0.792 bits per heavy atom. The number of hydrazine groups is 1. The van der Waals surface area contributed by atoms with Gasteiger partial charge in [0.1, 0.15) is 18.2 Å². The fourth-order valence-corrected chi connectivity index (χ4v) is 2.87. The minimum absolute atomic E-state index is 0.0596. The first-order valence-electron chi connectivity index (χ1n) is 6.16. The first-order chi connectivity index (χ1) is 11.4. The molecule has 0 heterocycles. The number of halogens is 4. The van der Waals surface area contributed by atoms with E-state index in [1.807, 2.05) is 18.2 Å². The number of hydrogen-bond acceptors (Lipinski definition) is 5. The Kier molecular flexibility index (Phi) is 5.78. The third kappa shape index (κ3) is 3.51. The van der Waals surface area contributed by atoms with E-state index in [0.717, 1.165) is 0 Å². The molecule has 5 nitrogen and oxygen atoms in total. The van der Waals surface area contributed by atoms with Crippen molar-refractivity contribution in [2.24, 2.45) is 0 Å². The van der Waals surface area contributed by atoms with Gasteiger partial charge in [-0.3, -0.25) is 10.9 Å². The van der Waals surface area contributed by atoms with Crippen LogP contribution in [0.5, 0.6) is 0 Å². The molecule has 0 radical (unpaired) electrons. The van der Waals surface area contributed by atoms with Crippen molar-refractivity contribution in [3.8, 4) is 18.2 Å². The zero-order chi connectivity index (χ0) is 17.9. The van der Waals surface area contributed by atoms with E-state index in [1.165, 1.54) is 18.2 Å². The molecule has 0 atom stereocenters. The van der Waals surface area contributed by atoms with Crippen LogP contribution in [0.15, 0.2) is 22.7 Å². The average Bonchev–Trinajstić information content (AvgIpc) is 2.59. The molecule has 0 aromatic heterocycles. The van der Waals surface area contributed by atoms with E-state index in [0.29, 0.717) is 15.7 Å². The predicted octanol–water partition coefficient (Wildman–Crippen LogP) is 5.46. The number of nitrogens with zero attached hydrogens (tertiary/aromatic N) is 3. The van der Waals surface area contributed by atoms with E-state index in [9.17, 15) is 10.5 Å². The third-order valence-electron chi connectivity index (χ3n) is 2.95. The fraction of sp³-hybridized carbons (Fsp3) is 0. The number of rotatable bonds is 3. The highest BCUT2D eigenvalue weighted by Gasteiger charge is 2.15. The van der Waals surface area contributed by atoms with Gasteiger partial charge >= 0.3 is 0 Å². The van der Waals surface area contributed by atoms with Crippen LogP contribution in [0.25, 0.3) is 0 Å². The summed E-state index contributed by atoms with van der Waals surface area (Å²) in [7, 11) is 0. The van der Waals surface area contributed by atoms with Gasteiger partial charge in [0.05, 0.1) is 43.1 Å². The summed E-state index contributed by atoms with van der Waals surface area (Å²) in [6.45, 7) is 0. The molecule has 2 rings (SSSR count). The van der Waals surface area contributed by atoms with Crippen molar-refractivity contribution in [2.75, 3.05) is 10.9 Å². The smallest absolute Gasteiger partial charge is 0.101 e. The molecule has 0 aliphatic carbocycles. The van der Waals surface area contributed by atoms with E-state index in [4.69, 9.17) is 40.1 Å². The Morgan fingerprint density at radius 3 is 2.00 bits per heavy atom. The highest BCUT2D eigenvalue weighted by Crippen LogP contribution is 2.38. The van der Waals surface area contributed by atoms with Gasteiger partial charge in [-0.1, -0.05) is 34.8 Å². The maximum absolute atomic E-state index is 9.20. The molecule has 0 amide bonds. The van der Waals surface area contributed by atoms with Gasteiger partial charge in [0, 0.05) is 4.47 Å². The van der Waals surface area contributed by atoms with Crippen LogP contribution in [-0.4, -0.2) is 0 Å². The largest absolute Gasteiger partial charge is 0.299 e. The topological polar surface area (TPSA) is 95.4 Å². The fourth-order valence-electron chi connectivity index (χ4n) is 1.79. The molecule has 0 spiro atoms. The molecule has 0 aliphatic rings. The zero-order valence-electron chi connectivity index (χ0n) is 11.6. The Hall–Kier alpha value is -2.14. The summed E-state index contributed by atoms with van der Waals surface area (Å²) < 4.78 is 0.498. The van der Waals surface area contributed by atoms with Crippen molar-refractivity contribution in [3.05, 3.63) is 54.4 Å². The van der Waals surface area contributed by atoms with Crippen LogP contribution in [0.4, 0.5) is 11.4 Å². The molecule has 2 aromatic carbocycles. The summed E-state index contributed by atoms with van der Waals surface area (Å²) in [6, 6.07) is 10.3. The maximum Gasteiger partial charge on any atom is 0.101 e. The second kappa shape index (κ2) is 7.62. The Balaban J connectivity index is 2.44. The molecule has 0 aliphatic heterocycles. The van der Waals surface area contributed by atoms with Gasteiger partial charge in [0.15, 0.2) is 0 Å². The molecule has 9 heteroatoms. The van der Waals surface area contributed by atoms with Gasteiger partial charge in [-0.15, -0.1) is 0 Å². The van der Waals surface area contributed by atoms with Crippen LogP contribution in [0.3, 0.4) is 0 Å². The van der Waals surface area contributed by atoms with Crippen LogP contribution in [0.1, 0.15) is 16.7 Å². The lowest BCUT2D eigenvalue weighted by Crippen LogP contribution is -2.12. The van der Waals surface area contributed by atoms with Crippen LogP contribution in [-0.2, 0) is 0 Å². The SMILES string of the molecule is N#Cc1cc(NNc2c(C#N)cc(Cl)c(Cl)c2Cl)c(C#N)cc1Br. The van der Waals surface area contributed by atoms with Gasteiger partial charge in [-0.2, -0.15) is 15.8 Å². The summed E-state index contributed by atoms with van der Waals surface area (Å²) in [5.41, 5.74) is 6.82. The Labute approximate surface area is 161 Å². The quantitative estimate of drug-likeness (QED) is 0.487. The van der Waals surface area contributed by atoms with Crippen LogP contribution < -0.4 is 10.9 Å². The molecule has 0 unspecified atom stereocenters. The second-order valence-electron chi connectivity index (χ2n) is 4.37. The standard InChI is InChI=1S/C15H5BrCl3N5/c16-10-1-8(5-21)12(3-7(10)4-20)23-24-15-9(6-22)2-11(17)13(18)14(15)19/h1-3,23-24H. The molecule has 0 saturated heterocycles. The van der Waals surface area contributed by atoms with E-state index in [2.05, 4.69) is 26.8 Å². The van der Waals surface area contributed by atoms with Gasteiger partial charge in [0.2, 0.25) is 0 Å². The average molecular weight is 442 g/mol. The first-order valence-corrected chi connectivity index (χ1v) is 8.09. The monoisotopic (exact) mass is 439 g/mol. The lowest BCUT2D eigenvalue weighted by molar-refractivity contribution is 1.35. The van der Waals surface area contributed by atoms with Gasteiger partial charge in [0.25, 0.3) is 0 Å². The second-order valence-corrected chi connectivity index (χ2v) is 6.39. The van der Waals surface area contributed by atoms with Crippen molar-refractivity contribution < 1.29 is 0 Å². The number of nitriles is 3. The van der Waals surface area contributed by atoms with Gasteiger partial charge < -0.3 is 0 Å². The van der Waals surface area contributed by atoms with E-state index < -0.39 is 0 Å². The summed E-state index contributed by atoms with van der Waals surface area (Å²) >= 11 is 21.2. The van der Waals surface area contributed by atoms with E-state index in [-0.39, 0.29) is 31.9 Å². The summed E-state index contributed by atoms with van der Waals surface area (Å²) in [6.07, 6.45) is 0. The number of nitrogens with one attached hydrogen (secondary N) is 2. The molecular formula is C15H5BrCl3N5. The molecule has 2 N–H and O–H groups in total. The third-order valence-corrected chi connectivity index (χ3v) is 4.87. The Morgan fingerprint density at radius 2 is 1.42 bits per heavy atom. The van der Waals surface area contributed by atoms with Crippen molar-refractivity contribution >= 4 is 62.1 Å². The maximum atomic E-state index is 9.20. The molecule has 0 fully saturated rings. The van der Waals surface area contributed by atoms with Gasteiger partial charge in [-0.25, -0.2) is 0 Å². The summed E-state index contributed by atoms with van der Waals surface area (Å²) in [4.78, 5) is 0. The van der Waals surface area contributed by atoms with E-state index >= 15 is 0 Å². The van der Waals surface area contributed by atoms with Crippen molar-refractivity contribution in [1.29, 1.82) is 15.8 Å². The van der Waals surface area contributed by atoms with E-state index in [1.54, 1.807) is 0 Å². The lowest BCUT2D eigenvalue weighted by atomic mass is 10.1. The van der Waals surface area contributed by atoms with Crippen molar-refractivity contribution in [2.45, 2.75) is 0 Å².